The molecule has 0 radical (unpaired) electrons. The van der Waals surface area contributed by atoms with Crippen LogP contribution in [0.3, 0.4) is 0 Å². The fourth-order valence-electron chi connectivity index (χ4n) is 0.277. The first-order valence-corrected chi connectivity index (χ1v) is 2.32. The zero-order valence-electron chi connectivity index (χ0n) is 5.42. The zero-order chi connectivity index (χ0) is 8.15. The number of nitrogens with two attached hydrogens (primary N) is 1. The van der Waals surface area contributed by atoms with Crippen LogP contribution in [0.5, 0.6) is 0 Å². The number of methoxy groups -OCH3 is 1. The second-order valence-electron chi connectivity index (χ2n) is 1.34. The van der Waals surface area contributed by atoms with Crippen LogP contribution >= 0.6 is 0 Å². The van der Waals surface area contributed by atoms with Gasteiger partial charge in [-0.25, -0.2) is 9.59 Å². The molecule has 0 unspecified atom stereocenters. The number of primary amides is 1. The molecule has 0 aliphatic rings. The predicted molar refractivity (Wildman–Crippen MR) is 31.8 cm³/mol. The first-order chi connectivity index (χ1) is 4.57. The molecule has 0 atom stereocenters. The third-order valence-corrected chi connectivity index (χ3v) is 0.637. The van der Waals surface area contributed by atoms with E-state index >= 15 is 0 Å². The van der Waals surface area contributed by atoms with Crippen molar-refractivity contribution in [3.8, 4) is 0 Å². The van der Waals surface area contributed by atoms with Crippen LogP contribution < -0.4 is 5.73 Å². The Morgan fingerprint density at radius 3 is 2.30 bits per heavy atom. The summed E-state index contributed by atoms with van der Waals surface area (Å²) >= 11 is 0. The van der Waals surface area contributed by atoms with Gasteiger partial charge in [0.1, 0.15) is 0 Å². The lowest BCUT2D eigenvalue weighted by Gasteiger charge is -2.00. The monoisotopic (exact) mass is 145 g/mol. The zero-order valence-corrected chi connectivity index (χ0v) is 5.42. The third-order valence-electron chi connectivity index (χ3n) is 0.637. The molecule has 56 valence electrons. The Hall–Kier alpha value is -1.52. The minimum atomic E-state index is -1.09. The van der Waals surface area contributed by atoms with Crippen molar-refractivity contribution < 1.29 is 19.1 Å². The number of amides is 1. The van der Waals surface area contributed by atoms with Crippen LogP contribution in [0, 0.1) is 0 Å². The molecule has 5 heteroatoms. The van der Waals surface area contributed by atoms with Crippen LogP contribution in [0.15, 0.2) is 12.3 Å². The van der Waals surface area contributed by atoms with Crippen molar-refractivity contribution in [2.75, 3.05) is 7.11 Å². The van der Waals surface area contributed by atoms with Crippen molar-refractivity contribution in [3.63, 3.8) is 0 Å². The SMILES string of the molecule is C=C(OC(N)=O)C(=O)OC. The molecule has 1 amide bonds. The summed E-state index contributed by atoms with van der Waals surface area (Å²) in [5, 5.41) is 0. The molecule has 0 aliphatic carbocycles. The highest BCUT2D eigenvalue weighted by Crippen LogP contribution is 1.94. The Kier molecular flexibility index (Phi) is 2.96. The maximum absolute atomic E-state index is 10.4. The summed E-state index contributed by atoms with van der Waals surface area (Å²) in [5.41, 5.74) is 4.56. The van der Waals surface area contributed by atoms with Crippen molar-refractivity contribution in [1.29, 1.82) is 0 Å². The molecule has 0 aromatic heterocycles. The maximum atomic E-state index is 10.4. The standard InChI is InChI=1S/C5H7NO4/c1-3(4(7)9-2)10-5(6)8/h1H2,2H3,(H2,6,8). The van der Waals surface area contributed by atoms with Gasteiger partial charge in [0.2, 0.25) is 5.76 Å². The summed E-state index contributed by atoms with van der Waals surface area (Å²) in [5.74, 6) is -1.24. The van der Waals surface area contributed by atoms with Gasteiger partial charge < -0.3 is 15.2 Å². The lowest BCUT2D eigenvalue weighted by atomic mass is 10.6. The van der Waals surface area contributed by atoms with E-state index in [4.69, 9.17) is 0 Å². The molecule has 0 aromatic rings. The molecule has 0 heterocycles. The number of carbonyl (C=O) groups is 2. The Balaban J connectivity index is 3.86. The quantitative estimate of drug-likeness (QED) is 0.330. The molecule has 5 nitrogen and oxygen atoms in total. The molecular weight excluding hydrogens is 138 g/mol. The fourth-order valence-corrected chi connectivity index (χ4v) is 0.277. The second kappa shape index (κ2) is 3.49. The van der Waals surface area contributed by atoms with Crippen molar-refractivity contribution in [1.82, 2.24) is 0 Å². The summed E-state index contributed by atoms with van der Waals surface area (Å²) in [6, 6.07) is 0. The normalized spacial score (nSPS) is 8.10. The first-order valence-electron chi connectivity index (χ1n) is 2.32. The first kappa shape index (κ1) is 8.48. The van der Waals surface area contributed by atoms with Gasteiger partial charge in [-0.2, -0.15) is 0 Å². The molecule has 0 saturated heterocycles. The van der Waals surface area contributed by atoms with Crippen molar-refractivity contribution in [3.05, 3.63) is 12.3 Å². The van der Waals surface area contributed by atoms with Gasteiger partial charge in [0, 0.05) is 0 Å². The number of hydrogen-bond acceptors (Lipinski definition) is 4. The van der Waals surface area contributed by atoms with Gasteiger partial charge >= 0.3 is 12.1 Å². The highest BCUT2D eigenvalue weighted by Gasteiger charge is 2.09. The van der Waals surface area contributed by atoms with Gasteiger partial charge in [-0.15, -0.1) is 0 Å². The summed E-state index contributed by atoms with van der Waals surface area (Å²) in [4.78, 5) is 20.4. The van der Waals surface area contributed by atoms with Gasteiger partial charge in [0.25, 0.3) is 0 Å². The fraction of sp³-hybridized carbons (Fsp3) is 0.200. The van der Waals surface area contributed by atoms with E-state index in [1.54, 1.807) is 0 Å². The number of ether oxygens (including phenoxy) is 2. The molecule has 0 rings (SSSR count). The van der Waals surface area contributed by atoms with Crippen LogP contribution in [-0.2, 0) is 14.3 Å². The Morgan fingerprint density at radius 1 is 1.50 bits per heavy atom. The summed E-state index contributed by atoms with van der Waals surface area (Å²) in [6.45, 7) is 3.07. The topological polar surface area (TPSA) is 78.6 Å². The van der Waals surface area contributed by atoms with E-state index < -0.39 is 17.8 Å². The van der Waals surface area contributed by atoms with E-state index in [1.807, 2.05) is 0 Å². The van der Waals surface area contributed by atoms with E-state index in [9.17, 15) is 9.59 Å². The highest BCUT2D eigenvalue weighted by molar-refractivity contribution is 5.88. The van der Waals surface area contributed by atoms with Crippen LogP contribution in [-0.4, -0.2) is 19.2 Å². The second-order valence-corrected chi connectivity index (χ2v) is 1.34. The van der Waals surface area contributed by atoms with Gasteiger partial charge in [0.05, 0.1) is 7.11 Å². The smallest absolute Gasteiger partial charge is 0.410 e. The van der Waals surface area contributed by atoms with E-state index in [2.05, 4.69) is 21.8 Å². The minimum Gasteiger partial charge on any atom is -0.463 e. The van der Waals surface area contributed by atoms with Gasteiger partial charge in [0.15, 0.2) is 0 Å². The van der Waals surface area contributed by atoms with E-state index in [-0.39, 0.29) is 0 Å². The lowest BCUT2D eigenvalue weighted by Crippen LogP contribution is -2.17. The molecule has 0 bridgehead atoms. The summed E-state index contributed by atoms with van der Waals surface area (Å²) in [6.07, 6.45) is -1.09. The highest BCUT2D eigenvalue weighted by atomic mass is 16.6. The Labute approximate surface area is 57.4 Å². The summed E-state index contributed by atoms with van der Waals surface area (Å²) in [7, 11) is 1.14. The molecule has 0 aliphatic heterocycles. The van der Waals surface area contributed by atoms with Crippen molar-refractivity contribution in [2.24, 2.45) is 5.73 Å². The molecule has 0 fully saturated rings. The van der Waals surface area contributed by atoms with E-state index in [1.165, 1.54) is 0 Å². The largest absolute Gasteiger partial charge is 0.463 e. The Bertz CT molecular complexity index is 174. The number of rotatable bonds is 2. The van der Waals surface area contributed by atoms with E-state index in [0.29, 0.717) is 0 Å². The van der Waals surface area contributed by atoms with Crippen LogP contribution in [0.2, 0.25) is 0 Å². The number of esters is 1. The van der Waals surface area contributed by atoms with Crippen LogP contribution in [0.4, 0.5) is 4.79 Å². The van der Waals surface area contributed by atoms with Gasteiger partial charge in [-0.3, -0.25) is 0 Å². The van der Waals surface area contributed by atoms with Gasteiger partial charge in [-0.05, 0) is 6.58 Å². The average molecular weight is 145 g/mol. The van der Waals surface area contributed by atoms with Crippen LogP contribution in [0.25, 0.3) is 0 Å². The Morgan fingerprint density at radius 2 is 2.00 bits per heavy atom. The van der Waals surface area contributed by atoms with Crippen LogP contribution in [0.1, 0.15) is 0 Å². The predicted octanol–water partition coefficient (Wildman–Crippen LogP) is -0.232. The molecular formula is C5H7NO4. The average Bonchev–Trinajstić information content (AvgIpc) is 1.85. The molecule has 10 heavy (non-hydrogen) atoms. The van der Waals surface area contributed by atoms with Crippen molar-refractivity contribution in [2.45, 2.75) is 0 Å². The minimum absolute atomic E-state index is 0.421. The van der Waals surface area contributed by atoms with Crippen molar-refractivity contribution >= 4 is 12.1 Å². The van der Waals surface area contributed by atoms with E-state index in [0.717, 1.165) is 7.11 Å². The molecule has 0 spiro atoms. The number of hydrogen-bond donors (Lipinski definition) is 1. The lowest BCUT2D eigenvalue weighted by molar-refractivity contribution is -0.139. The molecule has 2 N–H and O–H groups in total. The molecule has 0 aromatic carbocycles. The number of carbonyl (C=O) groups excluding carboxylic acids is 2. The third kappa shape index (κ3) is 2.71. The summed E-state index contributed by atoms with van der Waals surface area (Å²) < 4.78 is 8.21. The molecule has 0 saturated carbocycles. The van der Waals surface area contributed by atoms with Gasteiger partial charge in [-0.1, -0.05) is 0 Å². The maximum Gasteiger partial charge on any atom is 0.410 e.